The van der Waals surface area contributed by atoms with Gasteiger partial charge in [-0.05, 0) is 30.7 Å². The largest absolute Gasteiger partial charge is 0.284 e. The number of anilines is 1. The number of hydrogen-bond donors (Lipinski definition) is 1. The maximum absolute atomic E-state index is 14.3. The van der Waals surface area contributed by atoms with Gasteiger partial charge >= 0.3 is 0 Å². The highest BCUT2D eigenvalue weighted by atomic mass is 32.2. The fourth-order valence-electron chi connectivity index (χ4n) is 3.05. The van der Waals surface area contributed by atoms with Crippen LogP contribution < -0.4 is 4.72 Å². The standard InChI is InChI=1S/C20H22FN3O3S/c1-3-20(25)24-19(16-7-5-6-8-17(16)21)13-18(22-24)14-9-11-15(12-10-14)23-28(26,27)4-2/h5-12,19,23H,3-4,13H2,1-2H3. The van der Waals surface area contributed by atoms with Crippen molar-refractivity contribution in [3.8, 4) is 0 Å². The van der Waals surface area contributed by atoms with Gasteiger partial charge in [-0.3, -0.25) is 9.52 Å². The molecular formula is C20H22FN3O3S. The summed E-state index contributed by atoms with van der Waals surface area (Å²) in [6.07, 6.45) is 0.645. The average Bonchev–Trinajstić information content (AvgIpc) is 3.13. The number of amides is 1. The third-order valence-corrected chi connectivity index (χ3v) is 5.91. The van der Waals surface area contributed by atoms with Crippen molar-refractivity contribution in [1.82, 2.24) is 5.01 Å². The van der Waals surface area contributed by atoms with Crippen LogP contribution in [0.3, 0.4) is 0 Å². The Bertz CT molecular complexity index is 1000. The summed E-state index contributed by atoms with van der Waals surface area (Å²) in [4.78, 5) is 12.3. The van der Waals surface area contributed by atoms with E-state index in [4.69, 9.17) is 0 Å². The van der Waals surface area contributed by atoms with E-state index in [2.05, 4.69) is 9.82 Å². The molecule has 0 bridgehead atoms. The van der Waals surface area contributed by atoms with Crippen LogP contribution in [0.1, 0.15) is 43.9 Å². The number of hydrazone groups is 1. The third-order valence-electron chi connectivity index (χ3n) is 4.60. The molecule has 0 saturated carbocycles. The highest BCUT2D eigenvalue weighted by Gasteiger charge is 2.33. The number of nitrogens with one attached hydrogen (secondary N) is 1. The Hall–Kier alpha value is -2.74. The van der Waals surface area contributed by atoms with Gasteiger partial charge in [-0.1, -0.05) is 37.3 Å². The molecule has 1 unspecified atom stereocenters. The van der Waals surface area contributed by atoms with E-state index >= 15 is 0 Å². The number of sulfonamides is 1. The van der Waals surface area contributed by atoms with E-state index < -0.39 is 16.1 Å². The lowest BCUT2D eigenvalue weighted by Gasteiger charge is -2.21. The van der Waals surface area contributed by atoms with E-state index in [9.17, 15) is 17.6 Å². The number of hydrogen-bond acceptors (Lipinski definition) is 4. The maximum atomic E-state index is 14.3. The van der Waals surface area contributed by atoms with Crippen LogP contribution >= 0.6 is 0 Å². The average molecular weight is 403 g/mol. The van der Waals surface area contributed by atoms with Gasteiger partial charge in [-0.25, -0.2) is 17.8 Å². The molecule has 0 saturated heterocycles. The molecule has 8 heteroatoms. The molecule has 3 rings (SSSR count). The van der Waals surface area contributed by atoms with Crippen molar-refractivity contribution in [3.63, 3.8) is 0 Å². The second kappa shape index (κ2) is 8.10. The Labute approximate surface area is 164 Å². The minimum Gasteiger partial charge on any atom is -0.284 e. The minimum atomic E-state index is -3.35. The molecule has 1 heterocycles. The maximum Gasteiger partial charge on any atom is 0.242 e. The second-order valence-electron chi connectivity index (χ2n) is 6.46. The van der Waals surface area contributed by atoms with E-state index in [-0.39, 0.29) is 23.9 Å². The van der Waals surface area contributed by atoms with Gasteiger partial charge in [0.1, 0.15) is 5.82 Å². The normalized spacial score (nSPS) is 16.8. The van der Waals surface area contributed by atoms with E-state index in [1.807, 2.05) is 0 Å². The number of rotatable bonds is 6. The number of benzene rings is 2. The first-order chi connectivity index (χ1) is 13.3. The van der Waals surface area contributed by atoms with Gasteiger partial charge in [-0.15, -0.1) is 0 Å². The van der Waals surface area contributed by atoms with Gasteiger partial charge in [0, 0.05) is 24.1 Å². The Kier molecular flexibility index (Phi) is 5.79. The molecule has 0 aromatic heterocycles. The highest BCUT2D eigenvalue weighted by molar-refractivity contribution is 7.92. The summed E-state index contributed by atoms with van der Waals surface area (Å²) in [5.74, 6) is -0.572. The molecule has 0 aliphatic carbocycles. The Morgan fingerprint density at radius 1 is 1.18 bits per heavy atom. The van der Waals surface area contributed by atoms with Crippen LogP contribution in [0.4, 0.5) is 10.1 Å². The predicted octanol–water partition coefficient (Wildman–Crippen LogP) is 3.68. The van der Waals surface area contributed by atoms with Crippen molar-refractivity contribution in [1.29, 1.82) is 0 Å². The minimum absolute atomic E-state index is 0.0140. The smallest absolute Gasteiger partial charge is 0.242 e. The van der Waals surface area contributed by atoms with Crippen molar-refractivity contribution in [2.75, 3.05) is 10.5 Å². The topological polar surface area (TPSA) is 78.8 Å². The summed E-state index contributed by atoms with van der Waals surface area (Å²) in [7, 11) is -3.35. The molecule has 28 heavy (non-hydrogen) atoms. The SMILES string of the molecule is CCC(=O)N1N=C(c2ccc(NS(=O)(=O)CC)cc2)CC1c1ccccc1F. The molecule has 1 aliphatic rings. The first kappa shape index (κ1) is 20.0. The van der Waals surface area contributed by atoms with Gasteiger partial charge in [0.05, 0.1) is 17.5 Å². The molecule has 0 spiro atoms. The van der Waals surface area contributed by atoms with E-state index in [1.54, 1.807) is 56.3 Å². The second-order valence-corrected chi connectivity index (χ2v) is 8.47. The molecule has 6 nitrogen and oxygen atoms in total. The zero-order valence-corrected chi connectivity index (χ0v) is 16.5. The zero-order valence-electron chi connectivity index (χ0n) is 15.7. The summed E-state index contributed by atoms with van der Waals surface area (Å²) >= 11 is 0. The number of halogens is 1. The molecule has 1 aliphatic heterocycles. The predicted molar refractivity (Wildman–Crippen MR) is 107 cm³/mol. The first-order valence-electron chi connectivity index (χ1n) is 9.09. The fourth-order valence-corrected chi connectivity index (χ4v) is 3.69. The lowest BCUT2D eigenvalue weighted by Crippen LogP contribution is -2.26. The van der Waals surface area contributed by atoms with E-state index in [1.165, 1.54) is 11.1 Å². The summed E-state index contributed by atoms with van der Waals surface area (Å²) in [6, 6.07) is 12.7. The summed E-state index contributed by atoms with van der Waals surface area (Å²) in [6.45, 7) is 3.30. The number of carbonyl (C=O) groups is 1. The quantitative estimate of drug-likeness (QED) is 0.799. The Morgan fingerprint density at radius 2 is 1.86 bits per heavy atom. The van der Waals surface area contributed by atoms with E-state index in [0.717, 1.165) is 5.56 Å². The molecule has 2 aromatic rings. The van der Waals surface area contributed by atoms with Gasteiger partial charge < -0.3 is 0 Å². The van der Waals surface area contributed by atoms with Crippen molar-refractivity contribution in [2.24, 2.45) is 5.10 Å². The van der Waals surface area contributed by atoms with Crippen molar-refractivity contribution in [2.45, 2.75) is 32.7 Å². The molecule has 0 radical (unpaired) electrons. The van der Waals surface area contributed by atoms with Gasteiger partial charge in [0.15, 0.2) is 0 Å². The van der Waals surface area contributed by atoms with Crippen LogP contribution in [-0.2, 0) is 14.8 Å². The molecule has 0 fully saturated rings. The van der Waals surface area contributed by atoms with Crippen LogP contribution in [-0.4, -0.2) is 30.8 Å². The van der Waals surface area contributed by atoms with Crippen LogP contribution in [0.5, 0.6) is 0 Å². The molecule has 148 valence electrons. The Balaban J connectivity index is 1.88. The van der Waals surface area contributed by atoms with Crippen LogP contribution in [0, 0.1) is 5.82 Å². The molecular weight excluding hydrogens is 381 g/mol. The molecule has 1 N–H and O–H groups in total. The van der Waals surface area contributed by atoms with Crippen molar-refractivity contribution >= 4 is 27.3 Å². The van der Waals surface area contributed by atoms with Crippen molar-refractivity contribution in [3.05, 3.63) is 65.5 Å². The van der Waals surface area contributed by atoms with E-state index in [0.29, 0.717) is 23.4 Å². The highest BCUT2D eigenvalue weighted by Crippen LogP contribution is 2.34. The lowest BCUT2D eigenvalue weighted by molar-refractivity contribution is -0.132. The number of carbonyl (C=O) groups excluding carboxylic acids is 1. The third kappa shape index (κ3) is 4.22. The van der Waals surface area contributed by atoms with Gasteiger partial charge in [0.25, 0.3) is 0 Å². The lowest BCUT2D eigenvalue weighted by atomic mass is 9.98. The number of nitrogens with zero attached hydrogens (tertiary/aromatic N) is 2. The van der Waals surface area contributed by atoms with Gasteiger partial charge in [-0.2, -0.15) is 5.10 Å². The summed E-state index contributed by atoms with van der Waals surface area (Å²) in [5, 5.41) is 5.79. The first-order valence-corrected chi connectivity index (χ1v) is 10.7. The molecule has 2 aromatic carbocycles. The van der Waals surface area contributed by atoms with Crippen molar-refractivity contribution < 1.29 is 17.6 Å². The van der Waals surface area contributed by atoms with Crippen LogP contribution in [0.25, 0.3) is 0 Å². The fraction of sp³-hybridized carbons (Fsp3) is 0.300. The summed E-state index contributed by atoms with van der Waals surface area (Å²) in [5.41, 5.74) is 2.29. The monoisotopic (exact) mass is 403 g/mol. The zero-order chi connectivity index (χ0) is 20.3. The molecule has 1 atom stereocenters. The van der Waals surface area contributed by atoms with Crippen LogP contribution in [0.15, 0.2) is 53.6 Å². The van der Waals surface area contributed by atoms with Gasteiger partial charge in [0.2, 0.25) is 15.9 Å². The van der Waals surface area contributed by atoms with Crippen LogP contribution in [0.2, 0.25) is 0 Å². The molecule has 1 amide bonds. The summed E-state index contributed by atoms with van der Waals surface area (Å²) < 4.78 is 40.1. The Morgan fingerprint density at radius 3 is 2.46 bits per heavy atom.